The van der Waals surface area contributed by atoms with Gasteiger partial charge in [-0.15, -0.1) is 0 Å². The van der Waals surface area contributed by atoms with Crippen molar-refractivity contribution in [2.45, 2.75) is 192 Å². The van der Waals surface area contributed by atoms with E-state index < -0.39 is 101 Å². The lowest BCUT2D eigenvalue weighted by Gasteiger charge is -2.47. The number of nitrogens with one attached hydrogen (secondary N) is 5. The fraction of sp³-hybridized carbons (Fsp3) is 0.850. The molecule has 9 atom stereocenters. The van der Waals surface area contributed by atoms with E-state index in [9.17, 15) is 34.5 Å². The minimum absolute atomic E-state index is 0.0336. The first-order chi connectivity index (χ1) is 27.0. The molecule has 340 valence electrons. The number of aliphatic hydroxyl groups is 3. The maximum Gasteiger partial charge on any atom is 0.408 e. The predicted molar refractivity (Wildman–Crippen MR) is 214 cm³/mol. The van der Waals surface area contributed by atoms with Crippen molar-refractivity contribution in [3.05, 3.63) is 11.8 Å². The van der Waals surface area contributed by atoms with Crippen molar-refractivity contribution in [3.63, 3.8) is 0 Å². The molecule has 3 aliphatic rings. The van der Waals surface area contributed by atoms with Gasteiger partial charge < -0.3 is 75.1 Å². The second-order valence-electron chi connectivity index (χ2n) is 19.4. The summed E-state index contributed by atoms with van der Waals surface area (Å²) < 4.78 is 40.7. The van der Waals surface area contributed by atoms with Crippen molar-refractivity contribution in [3.8, 4) is 0 Å². The summed E-state index contributed by atoms with van der Waals surface area (Å²) >= 11 is 0. The molecule has 2 aliphatic heterocycles. The SMILES string of the molecule is CC(C)(CNCC1=CCC[C@@H](O[C@H]2[C@H](O)[C@@H](O[C@H]3OC[C@](C)(O)C[C@H]3O)[C@H](NC(=O)CCNC(=O)OC(C)(C)C)C[C@@H]2NC(=O)OC(C)(C)C)O1)NC(=O)OC(C)(C)C. The second kappa shape index (κ2) is 20.4. The van der Waals surface area contributed by atoms with Gasteiger partial charge in [-0.2, -0.15) is 0 Å². The molecule has 0 unspecified atom stereocenters. The van der Waals surface area contributed by atoms with Crippen LogP contribution in [0.1, 0.15) is 115 Å². The van der Waals surface area contributed by atoms with E-state index in [1.54, 1.807) is 62.3 Å². The molecular formula is C40H71N5O14. The molecule has 4 amide bonds. The summed E-state index contributed by atoms with van der Waals surface area (Å²) in [6.07, 6.45) is -6.91. The molecule has 0 spiro atoms. The molecule has 1 saturated carbocycles. The lowest BCUT2D eigenvalue weighted by Crippen LogP contribution is -2.67. The van der Waals surface area contributed by atoms with Crippen LogP contribution in [0.2, 0.25) is 0 Å². The lowest BCUT2D eigenvalue weighted by molar-refractivity contribution is -0.297. The number of carbonyl (C=O) groups excluding carboxylic acids is 4. The highest BCUT2D eigenvalue weighted by Crippen LogP contribution is 2.33. The summed E-state index contributed by atoms with van der Waals surface area (Å²) in [4.78, 5) is 51.1. The van der Waals surface area contributed by atoms with Gasteiger partial charge in [0.15, 0.2) is 12.6 Å². The number of allylic oxidation sites excluding steroid dienone is 1. The Balaban J connectivity index is 1.79. The Hall–Kier alpha value is -3.46. The molecule has 0 radical (unpaired) electrons. The van der Waals surface area contributed by atoms with Crippen molar-refractivity contribution in [2.75, 3.05) is 26.2 Å². The summed E-state index contributed by atoms with van der Waals surface area (Å²) in [6, 6.07) is -1.94. The summed E-state index contributed by atoms with van der Waals surface area (Å²) in [5, 5.41) is 47.8. The van der Waals surface area contributed by atoms with Crippen LogP contribution >= 0.6 is 0 Å². The van der Waals surface area contributed by atoms with Crippen molar-refractivity contribution in [1.29, 1.82) is 0 Å². The van der Waals surface area contributed by atoms with Crippen molar-refractivity contribution >= 4 is 24.2 Å². The Bertz CT molecular complexity index is 1450. The Kier molecular flexibility index (Phi) is 17.3. The monoisotopic (exact) mass is 845 g/mol. The van der Waals surface area contributed by atoms with Crippen LogP contribution in [0, 0.1) is 0 Å². The number of amides is 4. The highest BCUT2D eigenvalue weighted by atomic mass is 16.7. The Morgan fingerprint density at radius 2 is 1.41 bits per heavy atom. The fourth-order valence-corrected chi connectivity index (χ4v) is 6.59. The van der Waals surface area contributed by atoms with Gasteiger partial charge in [-0.05, 0) is 102 Å². The molecule has 0 bridgehead atoms. The van der Waals surface area contributed by atoms with Gasteiger partial charge in [0.25, 0.3) is 0 Å². The molecule has 2 heterocycles. The van der Waals surface area contributed by atoms with Gasteiger partial charge in [0.1, 0.15) is 47.0 Å². The summed E-state index contributed by atoms with van der Waals surface area (Å²) in [5.74, 6) is 0.0395. The minimum Gasteiger partial charge on any atom is -0.468 e. The molecule has 0 aromatic heterocycles. The normalized spacial score (nSPS) is 29.2. The largest absolute Gasteiger partial charge is 0.468 e. The number of aliphatic hydroxyl groups excluding tert-OH is 2. The standard InChI is InChI=1S/C40H71N5O14/c1-36(2,3)57-33(49)42-17-16-27(47)43-24-18-25(44-34(50)58-37(4,5)6)30(29(48)31(24)56-32-26(46)19-40(12,52)22-53-32)55-28-15-13-14-23(54-28)20-41-21-39(10,11)45-35(51)59-38(7,8)9/h14,24-26,28-32,41,46,48,52H,13,15-22H2,1-12H3,(H,42,49)(H,43,47)(H,44,50)(H,45,51)/t24-,25+,26-,28-,29+,30-,31+,32-,40-/m1/s1. The molecule has 1 saturated heterocycles. The third-order valence-electron chi connectivity index (χ3n) is 8.93. The van der Waals surface area contributed by atoms with Gasteiger partial charge in [-0.3, -0.25) is 4.79 Å². The van der Waals surface area contributed by atoms with Crippen LogP contribution in [0.4, 0.5) is 14.4 Å². The average Bonchev–Trinajstić information content (AvgIpc) is 3.02. The third kappa shape index (κ3) is 18.4. The van der Waals surface area contributed by atoms with Crippen LogP contribution < -0.4 is 26.6 Å². The van der Waals surface area contributed by atoms with Gasteiger partial charge in [0.05, 0.1) is 36.4 Å². The summed E-state index contributed by atoms with van der Waals surface area (Å²) in [7, 11) is 0. The van der Waals surface area contributed by atoms with Crippen LogP contribution in [0.3, 0.4) is 0 Å². The fourth-order valence-electron chi connectivity index (χ4n) is 6.59. The van der Waals surface area contributed by atoms with E-state index in [1.165, 1.54) is 6.92 Å². The predicted octanol–water partition coefficient (Wildman–Crippen LogP) is 2.59. The zero-order valence-corrected chi connectivity index (χ0v) is 36.9. The van der Waals surface area contributed by atoms with Gasteiger partial charge >= 0.3 is 18.3 Å². The number of carbonyl (C=O) groups is 4. The summed E-state index contributed by atoms with van der Waals surface area (Å²) in [6.45, 7) is 21.2. The van der Waals surface area contributed by atoms with Crippen LogP contribution in [-0.4, -0.2) is 143 Å². The summed E-state index contributed by atoms with van der Waals surface area (Å²) in [5.41, 5.74) is -4.23. The second-order valence-corrected chi connectivity index (χ2v) is 19.4. The van der Waals surface area contributed by atoms with Crippen LogP contribution in [0.25, 0.3) is 0 Å². The Labute approximate surface area is 348 Å². The van der Waals surface area contributed by atoms with Gasteiger partial charge in [0, 0.05) is 32.4 Å². The molecular weight excluding hydrogens is 774 g/mol. The molecule has 19 heteroatoms. The average molecular weight is 846 g/mol. The van der Waals surface area contributed by atoms with E-state index in [4.69, 9.17) is 33.2 Å². The van der Waals surface area contributed by atoms with E-state index in [0.717, 1.165) is 0 Å². The van der Waals surface area contributed by atoms with Gasteiger partial charge in [0.2, 0.25) is 5.91 Å². The molecule has 8 N–H and O–H groups in total. The Morgan fingerprint density at radius 1 is 0.831 bits per heavy atom. The molecule has 1 aliphatic carbocycles. The number of rotatable bonds is 14. The zero-order valence-electron chi connectivity index (χ0n) is 36.9. The number of hydrogen-bond donors (Lipinski definition) is 8. The zero-order chi connectivity index (χ0) is 44.6. The van der Waals surface area contributed by atoms with Crippen LogP contribution in [0.15, 0.2) is 11.8 Å². The smallest absolute Gasteiger partial charge is 0.408 e. The first-order valence-corrected chi connectivity index (χ1v) is 20.3. The van der Waals surface area contributed by atoms with Crippen LogP contribution in [0.5, 0.6) is 0 Å². The quantitative estimate of drug-likeness (QED) is 0.117. The molecule has 19 nitrogen and oxygen atoms in total. The lowest BCUT2D eigenvalue weighted by atomic mass is 9.83. The van der Waals surface area contributed by atoms with Gasteiger partial charge in [-0.25, -0.2) is 14.4 Å². The maximum absolute atomic E-state index is 13.3. The highest BCUT2D eigenvalue weighted by molar-refractivity contribution is 5.77. The number of ether oxygens (including phenoxy) is 7. The molecule has 2 fully saturated rings. The van der Waals surface area contributed by atoms with E-state index in [0.29, 0.717) is 25.1 Å². The topological polar surface area (TPSA) is 254 Å². The highest BCUT2D eigenvalue weighted by Gasteiger charge is 2.50. The van der Waals surface area contributed by atoms with Crippen LogP contribution in [-0.2, 0) is 38.0 Å². The van der Waals surface area contributed by atoms with E-state index in [1.807, 2.05) is 19.9 Å². The number of alkyl carbamates (subject to hydrolysis) is 3. The molecule has 0 aromatic carbocycles. The molecule has 59 heavy (non-hydrogen) atoms. The molecule has 3 rings (SSSR count). The first kappa shape index (κ1) is 49.9. The van der Waals surface area contributed by atoms with Gasteiger partial charge in [-0.1, -0.05) is 0 Å². The van der Waals surface area contributed by atoms with Crippen molar-refractivity contribution in [1.82, 2.24) is 26.6 Å². The van der Waals surface area contributed by atoms with Crippen molar-refractivity contribution < 1.29 is 67.7 Å². The minimum atomic E-state index is -1.55. The van der Waals surface area contributed by atoms with E-state index in [2.05, 4.69) is 26.6 Å². The first-order valence-electron chi connectivity index (χ1n) is 20.3. The van der Waals surface area contributed by atoms with Crippen molar-refractivity contribution in [2.24, 2.45) is 0 Å². The van der Waals surface area contributed by atoms with E-state index in [-0.39, 0.29) is 39.0 Å². The third-order valence-corrected chi connectivity index (χ3v) is 8.93. The van der Waals surface area contributed by atoms with E-state index >= 15 is 0 Å². The number of hydrogen-bond acceptors (Lipinski definition) is 15. The maximum atomic E-state index is 13.3. The Morgan fingerprint density at radius 3 is 2.02 bits per heavy atom. The molecule has 0 aromatic rings.